The van der Waals surface area contributed by atoms with Crippen LogP contribution in [-0.2, 0) is 11.3 Å². The molecule has 0 bridgehead atoms. The highest BCUT2D eigenvalue weighted by Gasteiger charge is 2.24. The Bertz CT molecular complexity index is 807. The molecule has 3 rings (SSSR count). The van der Waals surface area contributed by atoms with Gasteiger partial charge in [0.1, 0.15) is 11.9 Å². The van der Waals surface area contributed by atoms with Crippen LogP contribution in [0.2, 0.25) is 0 Å². The molecule has 2 N–H and O–H groups in total. The Labute approximate surface area is 164 Å². The summed E-state index contributed by atoms with van der Waals surface area (Å²) in [5.74, 6) is -0.968. The molecular formula is C21H25FN4O2. The van der Waals surface area contributed by atoms with Crippen molar-refractivity contribution in [2.75, 3.05) is 31.5 Å². The van der Waals surface area contributed by atoms with Crippen molar-refractivity contribution in [3.63, 3.8) is 0 Å². The SMILES string of the molecule is C[C@@H](NC(=O)N1CCN(Cc2ccccc2)CC1)C(=O)Nc1ccccc1F. The lowest BCUT2D eigenvalue weighted by Gasteiger charge is -2.35. The maximum Gasteiger partial charge on any atom is 0.318 e. The second kappa shape index (κ2) is 9.32. The smallest absolute Gasteiger partial charge is 0.318 e. The number of hydrogen-bond donors (Lipinski definition) is 2. The molecule has 1 saturated heterocycles. The Morgan fingerprint density at radius 3 is 2.32 bits per heavy atom. The van der Waals surface area contributed by atoms with E-state index in [2.05, 4.69) is 27.7 Å². The van der Waals surface area contributed by atoms with Gasteiger partial charge in [0.2, 0.25) is 5.91 Å². The number of nitrogens with one attached hydrogen (secondary N) is 2. The number of piperazine rings is 1. The number of rotatable bonds is 5. The third-order valence-electron chi connectivity index (χ3n) is 4.77. The van der Waals surface area contributed by atoms with Crippen LogP contribution in [-0.4, -0.2) is 54.0 Å². The van der Waals surface area contributed by atoms with E-state index >= 15 is 0 Å². The van der Waals surface area contributed by atoms with Crippen molar-refractivity contribution < 1.29 is 14.0 Å². The van der Waals surface area contributed by atoms with Gasteiger partial charge >= 0.3 is 6.03 Å². The fourth-order valence-electron chi connectivity index (χ4n) is 3.10. The minimum absolute atomic E-state index is 0.100. The first-order valence-corrected chi connectivity index (χ1v) is 9.40. The van der Waals surface area contributed by atoms with Crippen LogP contribution in [0.3, 0.4) is 0 Å². The van der Waals surface area contributed by atoms with E-state index in [-0.39, 0.29) is 11.7 Å². The molecule has 2 aromatic carbocycles. The minimum Gasteiger partial charge on any atom is -0.326 e. The van der Waals surface area contributed by atoms with E-state index in [1.54, 1.807) is 24.0 Å². The highest BCUT2D eigenvalue weighted by atomic mass is 19.1. The summed E-state index contributed by atoms with van der Waals surface area (Å²) in [7, 11) is 0. The summed E-state index contributed by atoms with van der Waals surface area (Å²) in [5.41, 5.74) is 1.35. The zero-order valence-corrected chi connectivity index (χ0v) is 15.9. The first-order valence-electron chi connectivity index (χ1n) is 9.40. The standard InChI is InChI=1S/C21H25FN4O2/c1-16(20(27)24-19-10-6-5-9-18(19)22)23-21(28)26-13-11-25(12-14-26)15-17-7-3-2-4-8-17/h2-10,16H,11-15H2,1H3,(H,23,28)(H,24,27)/t16-/m1/s1. The van der Waals surface area contributed by atoms with Crippen LogP contribution in [0.1, 0.15) is 12.5 Å². The Balaban J connectivity index is 1.44. The number of carbonyl (C=O) groups excluding carboxylic acids is 2. The van der Waals surface area contributed by atoms with Crippen molar-refractivity contribution in [1.29, 1.82) is 0 Å². The molecule has 1 fully saturated rings. The van der Waals surface area contributed by atoms with Crippen LogP contribution in [0.5, 0.6) is 0 Å². The molecule has 0 radical (unpaired) electrons. The summed E-state index contributed by atoms with van der Waals surface area (Å²) in [5, 5.41) is 5.18. The summed E-state index contributed by atoms with van der Waals surface area (Å²) in [6.45, 7) is 5.19. The predicted molar refractivity (Wildman–Crippen MR) is 106 cm³/mol. The number of nitrogens with zero attached hydrogens (tertiary/aromatic N) is 2. The average molecular weight is 384 g/mol. The second-order valence-corrected chi connectivity index (χ2v) is 6.89. The topological polar surface area (TPSA) is 64.7 Å². The molecule has 6 nitrogen and oxygen atoms in total. The summed E-state index contributed by atoms with van der Waals surface area (Å²) in [6.07, 6.45) is 0. The highest BCUT2D eigenvalue weighted by Crippen LogP contribution is 2.13. The number of urea groups is 1. The zero-order valence-electron chi connectivity index (χ0n) is 15.9. The summed E-state index contributed by atoms with van der Waals surface area (Å²) >= 11 is 0. The van der Waals surface area contributed by atoms with E-state index < -0.39 is 17.8 Å². The number of hydrogen-bond acceptors (Lipinski definition) is 3. The van der Waals surface area contributed by atoms with Crippen LogP contribution in [0.15, 0.2) is 54.6 Å². The van der Waals surface area contributed by atoms with E-state index in [4.69, 9.17) is 0 Å². The molecule has 0 unspecified atom stereocenters. The number of carbonyl (C=O) groups is 2. The van der Waals surface area contributed by atoms with Crippen molar-refractivity contribution in [2.24, 2.45) is 0 Å². The summed E-state index contributed by atoms with van der Waals surface area (Å²) in [4.78, 5) is 28.7. The number of para-hydroxylation sites is 1. The van der Waals surface area contributed by atoms with Gasteiger partial charge in [0, 0.05) is 32.7 Å². The predicted octanol–water partition coefficient (Wildman–Crippen LogP) is 2.68. The van der Waals surface area contributed by atoms with Gasteiger partial charge in [0.05, 0.1) is 5.69 Å². The van der Waals surface area contributed by atoms with Crippen LogP contribution < -0.4 is 10.6 Å². The molecule has 1 aliphatic rings. The van der Waals surface area contributed by atoms with Crippen LogP contribution in [0.25, 0.3) is 0 Å². The largest absolute Gasteiger partial charge is 0.326 e. The maximum atomic E-state index is 13.6. The van der Waals surface area contributed by atoms with Crippen LogP contribution >= 0.6 is 0 Å². The molecule has 0 spiro atoms. The van der Waals surface area contributed by atoms with Gasteiger partial charge < -0.3 is 15.5 Å². The van der Waals surface area contributed by atoms with Crippen molar-refractivity contribution in [3.8, 4) is 0 Å². The second-order valence-electron chi connectivity index (χ2n) is 6.89. The lowest BCUT2D eigenvalue weighted by atomic mass is 10.2. The van der Waals surface area contributed by atoms with Gasteiger partial charge in [0.25, 0.3) is 0 Å². The van der Waals surface area contributed by atoms with E-state index in [0.717, 1.165) is 19.6 Å². The first-order chi connectivity index (χ1) is 13.5. The molecule has 0 saturated carbocycles. The molecule has 1 heterocycles. The zero-order chi connectivity index (χ0) is 19.9. The van der Waals surface area contributed by atoms with Crippen molar-refractivity contribution in [1.82, 2.24) is 15.1 Å². The van der Waals surface area contributed by atoms with Crippen molar-refractivity contribution >= 4 is 17.6 Å². The lowest BCUT2D eigenvalue weighted by Crippen LogP contribution is -2.54. The van der Waals surface area contributed by atoms with Gasteiger partial charge in [0.15, 0.2) is 0 Å². The molecular weight excluding hydrogens is 359 g/mol. The monoisotopic (exact) mass is 384 g/mol. The average Bonchev–Trinajstić information content (AvgIpc) is 2.71. The molecule has 0 aliphatic carbocycles. The molecule has 28 heavy (non-hydrogen) atoms. The molecule has 7 heteroatoms. The number of halogens is 1. The van der Waals surface area contributed by atoms with Gasteiger partial charge in [-0.05, 0) is 24.6 Å². The Kier molecular flexibility index (Phi) is 6.60. The van der Waals surface area contributed by atoms with Crippen molar-refractivity contribution in [3.05, 3.63) is 66.0 Å². The molecule has 0 aromatic heterocycles. The Morgan fingerprint density at radius 2 is 1.64 bits per heavy atom. The Morgan fingerprint density at radius 1 is 1.00 bits per heavy atom. The summed E-state index contributed by atoms with van der Waals surface area (Å²) in [6, 6.07) is 15.1. The number of anilines is 1. The molecule has 2 aromatic rings. The van der Waals surface area contributed by atoms with E-state index in [1.807, 2.05) is 18.2 Å². The molecule has 1 aliphatic heterocycles. The van der Waals surface area contributed by atoms with E-state index in [1.165, 1.54) is 17.7 Å². The van der Waals surface area contributed by atoms with Gasteiger partial charge in [-0.2, -0.15) is 0 Å². The number of amides is 3. The van der Waals surface area contributed by atoms with Gasteiger partial charge in [-0.15, -0.1) is 0 Å². The lowest BCUT2D eigenvalue weighted by molar-refractivity contribution is -0.117. The van der Waals surface area contributed by atoms with Crippen molar-refractivity contribution in [2.45, 2.75) is 19.5 Å². The van der Waals surface area contributed by atoms with E-state index in [9.17, 15) is 14.0 Å². The van der Waals surface area contributed by atoms with Crippen LogP contribution in [0, 0.1) is 5.82 Å². The maximum absolute atomic E-state index is 13.6. The van der Waals surface area contributed by atoms with E-state index in [0.29, 0.717) is 13.1 Å². The quantitative estimate of drug-likeness (QED) is 0.833. The molecule has 1 atom stereocenters. The number of benzene rings is 2. The van der Waals surface area contributed by atoms with Gasteiger partial charge in [-0.1, -0.05) is 42.5 Å². The third-order valence-corrected chi connectivity index (χ3v) is 4.77. The minimum atomic E-state index is -0.769. The van der Waals surface area contributed by atoms with Gasteiger partial charge in [-0.25, -0.2) is 9.18 Å². The first kappa shape index (κ1) is 19.8. The Hall–Kier alpha value is -2.93. The fourth-order valence-corrected chi connectivity index (χ4v) is 3.10. The third kappa shape index (κ3) is 5.29. The van der Waals surface area contributed by atoms with Crippen LogP contribution in [0.4, 0.5) is 14.9 Å². The highest BCUT2D eigenvalue weighted by molar-refractivity contribution is 5.96. The molecule has 148 valence electrons. The molecule has 3 amide bonds. The fraction of sp³-hybridized carbons (Fsp3) is 0.333. The van der Waals surface area contributed by atoms with Gasteiger partial charge in [-0.3, -0.25) is 9.69 Å². The normalized spacial score (nSPS) is 15.7. The summed E-state index contributed by atoms with van der Waals surface area (Å²) < 4.78 is 13.6.